The van der Waals surface area contributed by atoms with Crippen LogP contribution >= 0.6 is 11.6 Å². The Bertz CT molecular complexity index is 706. The van der Waals surface area contributed by atoms with Gasteiger partial charge in [0.15, 0.2) is 0 Å². The van der Waals surface area contributed by atoms with Crippen LogP contribution in [0.15, 0.2) is 36.7 Å². The number of halogens is 1. The van der Waals surface area contributed by atoms with Gasteiger partial charge in [-0.15, -0.1) is 0 Å². The van der Waals surface area contributed by atoms with Gasteiger partial charge in [-0.05, 0) is 31.5 Å². The third-order valence-corrected chi connectivity index (χ3v) is 4.31. The van der Waals surface area contributed by atoms with Crippen LogP contribution in [0.4, 0.5) is 0 Å². The molecule has 1 saturated heterocycles. The van der Waals surface area contributed by atoms with E-state index in [1.54, 1.807) is 6.20 Å². The van der Waals surface area contributed by atoms with E-state index < -0.39 is 0 Å². The Labute approximate surface area is 140 Å². The number of nitrogens with two attached hydrogens (primary N) is 1. The number of likely N-dealkylation sites (tertiary alicyclic amines) is 1. The minimum atomic E-state index is -0.288. The maximum absolute atomic E-state index is 11.1. The first-order valence-corrected chi connectivity index (χ1v) is 8.08. The molecule has 0 aliphatic carbocycles. The molecule has 3 rings (SSSR count). The van der Waals surface area contributed by atoms with Crippen molar-refractivity contribution >= 4 is 17.5 Å². The van der Waals surface area contributed by atoms with E-state index in [0.717, 1.165) is 42.9 Å². The summed E-state index contributed by atoms with van der Waals surface area (Å²) in [6, 6.07) is 7.60. The van der Waals surface area contributed by atoms with Gasteiger partial charge in [0.25, 0.3) is 0 Å². The van der Waals surface area contributed by atoms with Crippen molar-refractivity contribution in [1.82, 2.24) is 14.9 Å². The van der Waals surface area contributed by atoms with Crippen molar-refractivity contribution < 1.29 is 4.79 Å². The second-order valence-electron chi connectivity index (χ2n) is 5.88. The number of carbonyl (C=O) groups excluding carboxylic acids is 1. The first-order valence-electron chi connectivity index (χ1n) is 7.70. The van der Waals surface area contributed by atoms with Crippen molar-refractivity contribution in [2.24, 2.45) is 5.73 Å². The van der Waals surface area contributed by atoms with Crippen molar-refractivity contribution in [1.29, 1.82) is 0 Å². The van der Waals surface area contributed by atoms with Crippen LogP contribution in [-0.4, -0.2) is 40.4 Å². The molecule has 0 saturated carbocycles. The zero-order valence-corrected chi connectivity index (χ0v) is 13.5. The van der Waals surface area contributed by atoms with E-state index >= 15 is 0 Å². The molecule has 1 aliphatic heterocycles. The summed E-state index contributed by atoms with van der Waals surface area (Å²) in [6.07, 6.45) is 5.63. The van der Waals surface area contributed by atoms with Crippen molar-refractivity contribution in [3.8, 4) is 11.3 Å². The molecular weight excluding hydrogens is 312 g/mol. The number of aromatic nitrogens is 2. The number of nitrogens with zero attached hydrogens (tertiary/aromatic N) is 3. The SMILES string of the molecule is NC(=O)CN1CCC[C@@H](c2cncc(-c3cccc(Cl)c3)n2)C1. The lowest BCUT2D eigenvalue weighted by atomic mass is 9.95. The summed E-state index contributed by atoms with van der Waals surface area (Å²) < 4.78 is 0. The predicted molar refractivity (Wildman–Crippen MR) is 90.1 cm³/mol. The van der Waals surface area contributed by atoms with Crippen molar-refractivity contribution in [2.75, 3.05) is 19.6 Å². The third-order valence-electron chi connectivity index (χ3n) is 4.08. The lowest BCUT2D eigenvalue weighted by molar-refractivity contribution is -0.119. The lowest BCUT2D eigenvalue weighted by Gasteiger charge is -2.31. The summed E-state index contributed by atoms with van der Waals surface area (Å²) in [7, 11) is 0. The first kappa shape index (κ1) is 15.9. The van der Waals surface area contributed by atoms with Crippen molar-refractivity contribution in [3.63, 3.8) is 0 Å². The molecule has 5 nitrogen and oxygen atoms in total. The fourth-order valence-electron chi connectivity index (χ4n) is 3.03. The summed E-state index contributed by atoms with van der Waals surface area (Å²) in [5, 5.41) is 0.681. The molecule has 120 valence electrons. The minimum Gasteiger partial charge on any atom is -0.369 e. The maximum atomic E-state index is 11.1. The minimum absolute atomic E-state index is 0.273. The second-order valence-corrected chi connectivity index (χ2v) is 6.32. The van der Waals surface area contributed by atoms with Crippen molar-refractivity contribution in [3.05, 3.63) is 47.4 Å². The molecule has 1 amide bonds. The molecule has 0 bridgehead atoms. The van der Waals surface area contributed by atoms with E-state index in [2.05, 4.69) is 9.88 Å². The third kappa shape index (κ3) is 4.06. The molecule has 2 aromatic rings. The fraction of sp³-hybridized carbons (Fsp3) is 0.353. The highest BCUT2D eigenvalue weighted by Gasteiger charge is 2.23. The standard InChI is InChI=1S/C17H19ClN4O/c18-14-5-1-3-12(7-14)15-8-20-9-16(21-15)13-4-2-6-22(10-13)11-17(19)23/h1,3,5,7-9,13H,2,4,6,10-11H2,(H2,19,23)/t13-/m1/s1. The molecule has 2 N–H and O–H groups in total. The highest BCUT2D eigenvalue weighted by Crippen LogP contribution is 2.27. The van der Waals surface area contributed by atoms with Crippen molar-refractivity contribution in [2.45, 2.75) is 18.8 Å². The average Bonchev–Trinajstić information content (AvgIpc) is 2.55. The van der Waals surface area contributed by atoms with E-state index in [9.17, 15) is 4.79 Å². The van der Waals surface area contributed by atoms with Gasteiger partial charge in [0.2, 0.25) is 5.91 Å². The zero-order chi connectivity index (χ0) is 16.2. The molecule has 2 heterocycles. The quantitative estimate of drug-likeness (QED) is 0.934. The number of amides is 1. The summed E-state index contributed by atoms with van der Waals surface area (Å²) in [4.78, 5) is 22.3. The van der Waals surface area contributed by atoms with Crippen LogP contribution in [0.1, 0.15) is 24.5 Å². The van der Waals surface area contributed by atoms with Gasteiger partial charge in [-0.25, -0.2) is 4.98 Å². The predicted octanol–water partition coefficient (Wildman–Crippen LogP) is 2.46. The molecule has 1 aliphatic rings. The molecule has 1 fully saturated rings. The average molecular weight is 331 g/mol. The van der Waals surface area contributed by atoms with Crippen LogP contribution < -0.4 is 5.73 Å². The van der Waals surface area contributed by atoms with Gasteiger partial charge in [0.05, 0.1) is 24.1 Å². The highest BCUT2D eigenvalue weighted by atomic mass is 35.5. The molecule has 0 spiro atoms. The highest BCUT2D eigenvalue weighted by molar-refractivity contribution is 6.30. The number of hydrogen-bond donors (Lipinski definition) is 1. The summed E-state index contributed by atoms with van der Waals surface area (Å²) in [5.74, 6) is -0.0147. The largest absolute Gasteiger partial charge is 0.369 e. The number of primary amides is 1. The van der Waals surface area contributed by atoms with Crippen LogP contribution in [0.3, 0.4) is 0 Å². The van der Waals surface area contributed by atoms with Crippen LogP contribution in [0, 0.1) is 0 Å². The molecular formula is C17H19ClN4O. The van der Waals surface area contributed by atoms with Crippen LogP contribution in [0.2, 0.25) is 5.02 Å². The number of benzene rings is 1. The van der Waals surface area contributed by atoms with Gasteiger partial charge in [-0.1, -0.05) is 23.7 Å². The Morgan fingerprint density at radius 1 is 1.39 bits per heavy atom. The maximum Gasteiger partial charge on any atom is 0.231 e. The van der Waals surface area contributed by atoms with Gasteiger partial charge in [0.1, 0.15) is 0 Å². The Morgan fingerprint density at radius 3 is 3.04 bits per heavy atom. The molecule has 23 heavy (non-hydrogen) atoms. The summed E-state index contributed by atoms with van der Waals surface area (Å²) in [5.41, 5.74) is 8.03. The van der Waals surface area contributed by atoms with E-state index in [-0.39, 0.29) is 11.8 Å². The topological polar surface area (TPSA) is 72.1 Å². The summed E-state index contributed by atoms with van der Waals surface area (Å²) >= 11 is 6.05. The zero-order valence-electron chi connectivity index (χ0n) is 12.8. The Hall–Kier alpha value is -1.98. The smallest absolute Gasteiger partial charge is 0.231 e. The van der Waals surface area contributed by atoms with Crippen LogP contribution in [0.25, 0.3) is 11.3 Å². The summed E-state index contributed by atoms with van der Waals surface area (Å²) in [6.45, 7) is 2.00. The normalized spacial score (nSPS) is 18.7. The second kappa shape index (κ2) is 7.06. The molecule has 6 heteroatoms. The number of piperidine rings is 1. The number of hydrogen-bond acceptors (Lipinski definition) is 4. The van der Waals surface area contributed by atoms with E-state index in [0.29, 0.717) is 11.6 Å². The van der Waals surface area contributed by atoms with E-state index in [1.807, 2.05) is 30.5 Å². The number of rotatable bonds is 4. The monoisotopic (exact) mass is 330 g/mol. The fourth-order valence-corrected chi connectivity index (χ4v) is 3.22. The van der Waals surface area contributed by atoms with Gasteiger partial charge >= 0.3 is 0 Å². The van der Waals surface area contributed by atoms with Crippen LogP contribution in [0.5, 0.6) is 0 Å². The van der Waals surface area contributed by atoms with Gasteiger partial charge in [-0.2, -0.15) is 0 Å². The molecule has 1 atom stereocenters. The lowest BCUT2D eigenvalue weighted by Crippen LogP contribution is -2.40. The molecule has 1 aromatic heterocycles. The molecule has 0 radical (unpaired) electrons. The Balaban J connectivity index is 1.80. The molecule has 0 unspecified atom stereocenters. The van der Waals surface area contributed by atoms with Gasteiger partial charge < -0.3 is 5.73 Å². The first-order chi connectivity index (χ1) is 11.1. The Kier molecular flexibility index (Phi) is 4.88. The van der Waals surface area contributed by atoms with Crippen LogP contribution in [-0.2, 0) is 4.79 Å². The number of carbonyl (C=O) groups is 1. The van der Waals surface area contributed by atoms with Gasteiger partial charge in [-0.3, -0.25) is 14.7 Å². The van der Waals surface area contributed by atoms with Gasteiger partial charge in [0, 0.05) is 29.2 Å². The van der Waals surface area contributed by atoms with E-state index in [1.165, 1.54) is 0 Å². The molecule has 1 aromatic carbocycles. The Morgan fingerprint density at radius 2 is 2.26 bits per heavy atom. The van der Waals surface area contributed by atoms with E-state index in [4.69, 9.17) is 22.3 Å².